The first-order valence-corrected chi connectivity index (χ1v) is 10.7. The molecule has 2 heterocycles. The van der Waals surface area contributed by atoms with Crippen LogP contribution < -0.4 is 20.1 Å². The summed E-state index contributed by atoms with van der Waals surface area (Å²) in [6, 6.07) is 6.36. The summed E-state index contributed by atoms with van der Waals surface area (Å²) >= 11 is 0. The van der Waals surface area contributed by atoms with Crippen LogP contribution in [0, 0.1) is 0 Å². The third-order valence-corrected chi connectivity index (χ3v) is 5.59. The second-order valence-electron chi connectivity index (χ2n) is 7.49. The first kappa shape index (κ1) is 22.5. The van der Waals surface area contributed by atoms with Crippen molar-refractivity contribution in [2.45, 2.75) is 45.2 Å². The van der Waals surface area contributed by atoms with Crippen molar-refractivity contribution in [3.63, 3.8) is 0 Å². The lowest BCUT2D eigenvalue weighted by molar-refractivity contribution is 0.0861. The topological polar surface area (TPSA) is 93.0 Å². The van der Waals surface area contributed by atoms with E-state index in [0.29, 0.717) is 37.4 Å². The Hall–Kier alpha value is -3.16. The molecule has 0 bridgehead atoms. The lowest BCUT2D eigenvalue weighted by Gasteiger charge is -2.41. The number of methoxy groups -OCH3 is 2. The van der Waals surface area contributed by atoms with E-state index in [1.807, 2.05) is 26.0 Å². The van der Waals surface area contributed by atoms with Gasteiger partial charge in [-0.15, -0.1) is 0 Å². The molecule has 0 radical (unpaired) electrons. The van der Waals surface area contributed by atoms with Crippen molar-refractivity contribution in [2.24, 2.45) is 0 Å². The molecule has 0 saturated carbocycles. The first-order valence-electron chi connectivity index (χ1n) is 10.7. The zero-order chi connectivity index (χ0) is 22.4. The molecule has 3 amide bonds. The molecule has 3 rings (SSSR count). The largest absolute Gasteiger partial charge is 0.493 e. The van der Waals surface area contributed by atoms with Gasteiger partial charge in [-0.3, -0.25) is 4.79 Å². The molecule has 0 fully saturated rings. The number of rotatable bonds is 8. The molecule has 1 aliphatic heterocycles. The van der Waals surface area contributed by atoms with Crippen LogP contribution in [-0.2, 0) is 6.42 Å². The fourth-order valence-corrected chi connectivity index (χ4v) is 4.02. The number of ether oxygens (including phenoxy) is 2. The Morgan fingerprint density at radius 1 is 1.23 bits per heavy atom. The number of nitrogens with zero attached hydrogens (tertiary/aromatic N) is 1. The van der Waals surface area contributed by atoms with Gasteiger partial charge in [0.05, 0.1) is 32.6 Å². The lowest BCUT2D eigenvalue weighted by Crippen LogP contribution is -2.53. The predicted octanol–water partition coefficient (Wildman–Crippen LogP) is 3.52. The third-order valence-electron chi connectivity index (χ3n) is 5.59. The maximum absolute atomic E-state index is 13.0. The standard InChI is InChI=1S/C23H31N3O5/c1-5-10-24-23(28)26-11-9-15-13-19(29-3)20(30-4)14-16(15)21(26)17(6-2)25-22(27)18-8-7-12-31-18/h7-8,12-14,17,21H,5-6,9-11H2,1-4H3,(H,24,28)(H,25,27)/t17-,21-/m0/s1. The SMILES string of the molecule is CCCNC(=O)N1CCc2cc(OC)c(OC)cc2[C@H]1[C@H](CC)NC(=O)c1ccco1. The van der Waals surface area contributed by atoms with Crippen LogP contribution in [-0.4, -0.2) is 50.2 Å². The minimum Gasteiger partial charge on any atom is -0.493 e. The van der Waals surface area contributed by atoms with E-state index in [-0.39, 0.29) is 29.8 Å². The van der Waals surface area contributed by atoms with E-state index in [0.717, 1.165) is 17.5 Å². The Bertz CT molecular complexity index is 897. The number of carbonyl (C=O) groups is 2. The summed E-state index contributed by atoms with van der Waals surface area (Å²) in [6.45, 7) is 5.13. The van der Waals surface area contributed by atoms with Crippen molar-refractivity contribution in [3.8, 4) is 11.5 Å². The quantitative estimate of drug-likeness (QED) is 0.670. The van der Waals surface area contributed by atoms with E-state index in [9.17, 15) is 9.59 Å². The van der Waals surface area contributed by atoms with Crippen molar-refractivity contribution in [1.82, 2.24) is 15.5 Å². The molecule has 31 heavy (non-hydrogen) atoms. The van der Waals surface area contributed by atoms with Gasteiger partial charge in [-0.05, 0) is 54.7 Å². The van der Waals surface area contributed by atoms with E-state index < -0.39 is 0 Å². The number of benzene rings is 1. The van der Waals surface area contributed by atoms with Crippen LogP contribution >= 0.6 is 0 Å². The Kier molecular flexibility index (Phi) is 7.44. The number of amides is 3. The summed E-state index contributed by atoms with van der Waals surface area (Å²) < 4.78 is 16.2. The molecule has 1 aromatic heterocycles. The van der Waals surface area contributed by atoms with Crippen molar-refractivity contribution >= 4 is 11.9 Å². The van der Waals surface area contributed by atoms with Crippen LogP contribution in [0.15, 0.2) is 34.9 Å². The Labute approximate surface area is 182 Å². The average Bonchev–Trinajstić information content (AvgIpc) is 3.34. The molecule has 0 spiro atoms. The van der Waals surface area contributed by atoms with Crippen LogP contribution in [0.25, 0.3) is 0 Å². The second-order valence-corrected chi connectivity index (χ2v) is 7.49. The van der Waals surface area contributed by atoms with Gasteiger partial charge < -0.3 is 29.4 Å². The summed E-state index contributed by atoms with van der Waals surface area (Å²) in [6.07, 6.45) is 3.63. The highest BCUT2D eigenvalue weighted by Gasteiger charge is 2.37. The molecule has 2 N–H and O–H groups in total. The monoisotopic (exact) mass is 429 g/mol. The summed E-state index contributed by atoms with van der Waals surface area (Å²) in [5.74, 6) is 1.17. The number of urea groups is 1. The fraction of sp³-hybridized carbons (Fsp3) is 0.478. The van der Waals surface area contributed by atoms with E-state index in [1.54, 1.807) is 31.3 Å². The summed E-state index contributed by atoms with van der Waals surface area (Å²) in [5, 5.41) is 6.03. The Morgan fingerprint density at radius 2 is 1.97 bits per heavy atom. The second kappa shape index (κ2) is 10.2. The number of hydrogen-bond donors (Lipinski definition) is 2. The lowest BCUT2D eigenvalue weighted by atomic mass is 9.86. The smallest absolute Gasteiger partial charge is 0.317 e. The zero-order valence-electron chi connectivity index (χ0n) is 18.6. The van der Waals surface area contributed by atoms with Gasteiger partial charge >= 0.3 is 6.03 Å². The van der Waals surface area contributed by atoms with Crippen molar-refractivity contribution in [3.05, 3.63) is 47.4 Å². The highest BCUT2D eigenvalue weighted by molar-refractivity contribution is 5.91. The molecule has 1 aliphatic rings. The van der Waals surface area contributed by atoms with Crippen molar-refractivity contribution in [2.75, 3.05) is 27.3 Å². The minimum absolute atomic E-state index is 0.141. The molecular formula is C23H31N3O5. The van der Waals surface area contributed by atoms with E-state index in [2.05, 4.69) is 10.6 Å². The summed E-state index contributed by atoms with van der Waals surface area (Å²) in [4.78, 5) is 27.6. The molecular weight excluding hydrogens is 398 g/mol. The molecule has 2 aromatic rings. The molecule has 2 atom stereocenters. The van der Waals surface area contributed by atoms with E-state index >= 15 is 0 Å². The van der Waals surface area contributed by atoms with Crippen LogP contribution in [0.3, 0.4) is 0 Å². The molecule has 1 aromatic carbocycles. The van der Waals surface area contributed by atoms with Gasteiger partial charge in [0.25, 0.3) is 5.91 Å². The number of carbonyl (C=O) groups excluding carboxylic acids is 2. The van der Waals surface area contributed by atoms with Crippen LogP contribution in [0.1, 0.15) is 54.4 Å². The maximum atomic E-state index is 13.0. The molecule has 168 valence electrons. The summed E-state index contributed by atoms with van der Waals surface area (Å²) in [5.41, 5.74) is 2.02. The Morgan fingerprint density at radius 3 is 2.58 bits per heavy atom. The van der Waals surface area contributed by atoms with Gasteiger partial charge in [-0.1, -0.05) is 13.8 Å². The van der Waals surface area contributed by atoms with Crippen LogP contribution in [0.5, 0.6) is 11.5 Å². The molecule has 0 saturated heterocycles. The van der Waals surface area contributed by atoms with Gasteiger partial charge in [-0.2, -0.15) is 0 Å². The average molecular weight is 430 g/mol. The number of nitrogens with one attached hydrogen (secondary N) is 2. The van der Waals surface area contributed by atoms with Gasteiger partial charge in [0.15, 0.2) is 17.3 Å². The summed E-state index contributed by atoms with van der Waals surface area (Å²) in [7, 11) is 3.19. The highest BCUT2D eigenvalue weighted by Crippen LogP contribution is 2.40. The maximum Gasteiger partial charge on any atom is 0.317 e. The van der Waals surface area contributed by atoms with Gasteiger partial charge in [-0.25, -0.2) is 4.79 Å². The van der Waals surface area contributed by atoms with E-state index in [1.165, 1.54) is 6.26 Å². The number of fused-ring (bicyclic) bond motifs is 1. The van der Waals surface area contributed by atoms with Crippen LogP contribution in [0.2, 0.25) is 0 Å². The highest BCUT2D eigenvalue weighted by atomic mass is 16.5. The minimum atomic E-state index is -0.357. The molecule has 0 aliphatic carbocycles. The van der Waals surface area contributed by atoms with E-state index in [4.69, 9.17) is 13.9 Å². The number of furan rings is 1. The van der Waals surface area contributed by atoms with Crippen molar-refractivity contribution in [1.29, 1.82) is 0 Å². The van der Waals surface area contributed by atoms with Crippen molar-refractivity contribution < 1.29 is 23.5 Å². The molecule has 8 nitrogen and oxygen atoms in total. The third kappa shape index (κ3) is 4.78. The van der Waals surface area contributed by atoms with Gasteiger partial charge in [0, 0.05) is 13.1 Å². The normalized spacial score (nSPS) is 16.3. The van der Waals surface area contributed by atoms with Crippen LogP contribution in [0.4, 0.5) is 4.79 Å². The first-order chi connectivity index (χ1) is 15.0. The fourth-order valence-electron chi connectivity index (χ4n) is 4.02. The van der Waals surface area contributed by atoms with Gasteiger partial charge in [0.1, 0.15) is 0 Å². The predicted molar refractivity (Wildman–Crippen MR) is 117 cm³/mol. The molecule has 8 heteroatoms. The van der Waals surface area contributed by atoms with Gasteiger partial charge in [0.2, 0.25) is 0 Å². The molecule has 0 unspecified atom stereocenters. The zero-order valence-corrected chi connectivity index (χ0v) is 18.6. The Balaban J connectivity index is 2.01. The number of hydrogen-bond acceptors (Lipinski definition) is 5.